The Morgan fingerprint density at radius 3 is 2.89 bits per heavy atom. The van der Waals surface area contributed by atoms with Crippen molar-refractivity contribution in [3.05, 3.63) is 23.7 Å². The number of rotatable bonds is 6. The van der Waals surface area contributed by atoms with Crippen molar-refractivity contribution in [1.29, 1.82) is 0 Å². The van der Waals surface area contributed by atoms with Crippen molar-refractivity contribution in [1.82, 2.24) is 14.5 Å². The first-order chi connectivity index (χ1) is 9.17. The Kier molecular flexibility index (Phi) is 4.81. The maximum Gasteiger partial charge on any atom is 0.160 e. The van der Waals surface area contributed by atoms with Gasteiger partial charge in [-0.3, -0.25) is 0 Å². The summed E-state index contributed by atoms with van der Waals surface area (Å²) in [4.78, 5) is 9.28. The van der Waals surface area contributed by atoms with Crippen LogP contribution in [0.1, 0.15) is 50.5 Å². The second-order valence-corrected chi connectivity index (χ2v) is 5.56. The molecule has 3 nitrogen and oxygen atoms in total. The van der Waals surface area contributed by atoms with E-state index in [0.29, 0.717) is 11.9 Å². The number of hydrogen-bond donors (Lipinski definition) is 0. The van der Waals surface area contributed by atoms with Crippen molar-refractivity contribution in [3.8, 4) is 0 Å². The topological polar surface area (TPSA) is 30.7 Å². The van der Waals surface area contributed by atoms with Gasteiger partial charge in [0, 0.05) is 24.5 Å². The van der Waals surface area contributed by atoms with Crippen LogP contribution < -0.4 is 0 Å². The monoisotopic (exact) mass is 279 g/mol. The van der Waals surface area contributed by atoms with Gasteiger partial charge in [-0.25, -0.2) is 9.97 Å². The summed E-state index contributed by atoms with van der Waals surface area (Å²) in [6, 6.07) is 2.53. The molecule has 0 amide bonds. The van der Waals surface area contributed by atoms with Crippen LogP contribution in [-0.4, -0.2) is 20.4 Å². The third-order valence-corrected chi connectivity index (χ3v) is 3.66. The van der Waals surface area contributed by atoms with Crippen LogP contribution >= 0.6 is 11.6 Å². The molecular formula is C15H22ClN3. The average Bonchev–Trinajstić information content (AvgIpc) is 2.73. The molecule has 0 aromatic carbocycles. The molecule has 0 saturated heterocycles. The van der Waals surface area contributed by atoms with Crippen LogP contribution in [0.4, 0.5) is 0 Å². The Hall–Kier alpha value is -1.09. The normalized spacial score (nSPS) is 13.1. The predicted octanol–water partition coefficient (Wildman–Crippen LogP) is 4.27. The van der Waals surface area contributed by atoms with Crippen molar-refractivity contribution in [2.45, 2.75) is 52.5 Å². The summed E-state index contributed by atoms with van der Waals surface area (Å²) in [5.41, 5.74) is 3.13. The average molecular weight is 280 g/mol. The lowest BCUT2D eigenvalue weighted by molar-refractivity contribution is 0.479. The zero-order chi connectivity index (χ0) is 13.8. The molecular weight excluding hydrogens is 258 g/mol. The molecule has 0 aliphatic heterocycles. The van der Waals surface area contributed by atoms with Gasteiger partial charge in [-0.2, -0.15) is 0 Å². The fourth-order valence-electron chi connectivity index (χ4n) is 2.48. The highest BCUT2D eigenvalue weighted by molar-refractivity contribution is 6.17. The van der Waals surface area contributed by atoms with Crippen LogP contribution in [0.3, 0.4) is 0 Å². The van der Waals surface area contributed by atoms with E-state index in [1.54, 1.807) is 0 Å². The smallest absolute Gasteiger partial charge is 0.160 e. The predicted molar refractivity (Wildman–Crippen MR) is 80.9 cm³/mol. The Labute approximate surface area is 120 Å². The first-order valence-electron chi connectivity index (χ1n) is 7.06. The molecule has 2 heterocycles. The van der Waals surface area contributed by atoms with Gasteiger partial charge in [0.05, 0.1) is 0 Å². The Balaban J connectivity index is 2.45. The molecule has 0 N–H and O–H groups in total. The number of hydrogen-bond acceptors (Lipinski definition) is 2. The maximum absolute atomic E-state index is 5.90. The van der Waals surface area contributed by atoms with Crippen LogP contribution in [0.15, 0.2) is 12.3 Å². The minimum Gasteiger partial charge on any atom is -0.310 e. The quantitative estimate of drug-likeness (QED) is 0.739. The van der Waals surface area contributed by atoms with Gasteiger partial charge in [0.15, 0.2) is 5.65 Å². The second-order valence-electron chi connectivity index (χ2n) is 5.18. The van der Waals surface area contributed by atoms with Gasteiger partial charge in [0.2, 0.25) is 0 Å². The number of pyridine rings is 1. The number of imidazole rings is 1. The molecule has 0 saturated carbocycles. The summed E-state index contributed by atoms with van der Waals surface area (Å²) in [6.45, 7) is 6.52. The van der Waals surface area contributed by atoms with Crippen LogP contribution in [-0.2, 0) is 6.42 Å². The number of unbranched alkanes of at least 4 members (excludes halogenated alkanes) is 1. The molecule has 1 unspecified atom stereocenters. The van der Waals surface area contributed by atoms with E-state index >= 15 is 0 Å². The van der Waals surface area contributed by atoms with Gasteiger partial charge < -0.3 is 4.57 Å². The minimum atomic E-state index is 0.429. The molecule has 0 aliphatic carbocycles. The van der Waals surface area contributed by atoms with E-state index < -0.39 is 0 Å². The molecule has 0 fully saturated rings. The Morgan fingerprint density at radius 2 is 2.21 bits per heavy atom. The van der Waals surface area contributed by atoms with Gasteiger partial charge in [-0.15, -0.1) is 11.6 Å². The number of nitrogens with zero attached hydrogens (tertiary/aromatic N) is 3. The summed E-state index contributed by atoms with van der Waals surface area (Å²) in [5.74, 6) is 1.66. The van der Waals surface area contributed by atoms with Crippen LogP contribution in [0.5, 0.6) is 0 Å². The lowest BCUT2D eigenvalue weighted by Gasteiger charge is -2.16. The van der Waals surface area contributed by atoms with E-state index in [9.17, 15) is 0 Å². The van der Waals surface area contributed by atoms with Crippen LogP contribution in [0.2, 0.25) is 0 Å². The van der Waals surface area contributed by atoms with Crippen molar-refractivity contribution in [2.75, 3.05) is 5.88 Å². The lowest BCUT2D eigenvalue weighted by atomic mass is 10.1. The van der Waals surface area contributed by atoms with Crippen LogP contribution in [0, 0.1) is 6.92 Å². The first kappa shape index (κ1) is 14.3. The molecule has 0 radical (unpaired) electrons. The van der Waals surface area contributed by atoms with Crippen molar-refractivity contribution in [3.63, 3.8) is 0 Å². The highest BCUT2D eigenvalue weighted by atomic mass is 35.5. The third-order valence-electron chi connectivity index (χ3n) is 3.47. The van der Waals surface area contributed by atoms with E-state index in [1.165, 1.54) is 12.8 Å². The molecule has 4 heteroatoms. The Morgan fingerprint density at radius 1 is 1.42 bits per heavy atom. The fraction of sp³-hybridized carbons (Fsp3) is 0.600. The molecule has 1 atom stereocenters. The first-order valence-corrected chi connectivity index (χ1v) is 7.60. The van der Waals surface area contributed by atoms with Gasteiger partial charge in [-0.1, -0.05) is 19.8 Å². The second kappa shape index (κ2) is 6.38. The summed E-state index contributed by atoms with van der Waals surface area (Å²) in [6.07, 6.45) is 6.32. The molecule has 2 rings (SSSR count). The van der Waals surface area contributed by atoms with Gasteiger partial charge in [-0.05, 0) is 31.9 Å². The number of alkyl halides is 1. The van der Waals surface area contributed by atoms with E-state index in [2.05, 4.69) is 29.5 Å². The summed E-state index contributed by atoms with van der Waals surface area (Å²) < 4.78 is 2.27. The third kappa shape index (κ3) is 3.08. The Bertz CT molecular complexity index is 548. The number of fused-ring (bicyclic) bond motifs is 1. The van der Waals surface area contributed by atoms with Gasteiger partial charge >= 0.3 is 0 Å². The standard InChI is InChI=1S/C15H22ClN3/c1-4-5-6-12(3)19-14(7-8-16)18-13-9-11(2)10-17-15(13)19/h9-10,12H,4-8H2,1-3H3. The van der Waals surface area contributed by atoms with E-state index in [1.807, 2.05) is 13.1 Å². The number of aromatic nitrogens is 3. The largest absolute Gasteiger partial charge is 0.310 e. The van der Waals surface area contributed by atoms with Crippen LogP contribution in [0.25, 0.3) is 11.2 Å². The van der Waals surface area contributed by atoms with Gasteiger partial charge in [0.1, 0.15) is 11.3 Å². The van der Waals surface area contributed by atoms with Gasteiger partial charge in [0.25, 0.3) is 0 Å². The highest BCUT2D eigenvalue weighted by Crippen LogP contribution is 2.24. The molecule has 2 aromatic rings. The number of halogens is 1. The minimum absolute atomic E-state index is 0.429. The fourth-order valence-corrected chi connectivity index (χ4v) is 2.65. The molecule has 104 valence electrons. The van der Waals surface area contributed by atoms with E-state index in [-0.39, 0.29) is 0 Å². The van der Waals surface area contributed by atoms with E-state index in [0.717, 1.165) is 35.4 Å². The van der Waals surface area contributed by atoms with Crippen molar-refractivity contribution in [2.24, 2.45) is 0 Å². The zero-order valence-corrected chi connectivity index (χ0v) is 12.7. The zero-order valence-electron chi connectivity index (χ0n) is 12.0. The molecule has 0 bridgehead atoms. The SMILES string of the molecule is CCCCC(C)n1c(CCCl)nc2cc(C)cnc21. The summed E-state index contributed by atoms with van der Waals surface area (Å²) in [7, 11) is 0. The summed E-state index contributed by atoms with van der Waals surface area (Å²) in [5, 5.41) is 0. The van der Waals surface area contributed by atoms with E-state index in [4.69, 9.17) is 16.6 Å². The molecule has 0 spiro atoms. The highest BCUT2D eigenvalue weighted by Gasteiger charge is 2.16. The summed E-state index contributed by atoms with van der Waals surface area (Å²) >= 11 is 5.90. The molecule has 2 aromatic heterocycles. The van der Waals surface area contributed by atoms with Crippen molar-refractivity contribution < 1.29 is 0 Å². The molecule has 0 aliphatic rings. The lowest BCUT2D eigenvalue weighted by Crippen LogP contribution is -2.10. The molecule has 19 heavy (non-hydrogen) atoms. The maximum atomic E-state index is 5.90. The number of aryl methyl sites for hydroxylation is 2. The van der Waals surface area contributed by atoms with Crippen molar-refractivity contribution >= 4 is 22.8 Å².